The molecule has 0 saturated heterocycles. The number of ether oxygens (including phenoxy) is 3. The van der Waals surface area contributed by atoms with Gasteiger partial charge in [0, 0.05) is 6.61 Å². The molecular weight excluding hydrogens is 248 g/mol. The fourth-order valence-electron chi connectivity index (χ4n) is 1.93. The number of fused-ring (bicyclic) bond motifs is 1. The van der Waals surface area contributed by atoms with E-state index in [1.54, 1.807) is 0 Å². The first-order chi connectivity index (χ1) is 9.29. The van der Waals surface area contributed by atoms with Crippen LogP contribution in [0.3, 0.4) is 0 Å². The van der Waals surface area contributed by atoms with Crippen LogP contribution in [0.4, 0.5) is 0 Å². The first-order valence-electron chi connectivity index (χ1n) is 6.13. The van der Waals surface area contributed by atoms with Crippen molar-refractivity contribution in [1.82, 2.24) is 10.1 Å². The van der Waals surface area contributed by atoms with Gasteiger partial charge in [-0.3, -0.25) is 0 Å². The van der Waals surface area contributed by atoms with Gasteiger partial charge in [0.15, 0.2) is 11.5 Å². The summed E-state index contributed by atoms with van der Waals surface area (Å²) >= 11 is 0. The molecule has 1 aromatic carbocycles. The van der Waals surface area contributed by atoms with Crippen LogP contribution in [0.5, 0.6) is 11.5 Å². The zero-order valence-corrected chi connectivity index (χ0v) is 10.8. The fraction of sp³-hybridized carbons (Fsp3) is 0.385. The lowest BCUT2D eigenvalue weighted by Gasteiger charge is -2.04. The maximum atomic E-state index is 5.43. The molecule has 0 N–H and O–H groups in total. The first kappa shape index (κ1) is 12.0. The van der Waals surface area contributed by atoms with E-state index in [2.05, 4.69) is 10.1 Å². The maximum Gasteiger partial charge on any atom is 0.261 e. The van der Waals surface area contributed by atoms with E-state index in [1.807, 2.05) is 32.0 Å². The van der Waals surface area contributed by atoms with Crippen LogP contribution in [0, 0.1) is 0 Å². The quantitative estimate of drug-likeness (QED) is 0.843. The molecule has 0 bridgehead atoms. The lowest BCUT2D eigenvalue weighted by Crippen LogP contribution is -2.01. The summed E-state index contributed by atoms with van der Waals surface area (Å²) < 4.78 is 21.4. The highest BCUT2D eigenvalue weighted by Gasteiger charge is 2.23. The van der Waals surface area contributed by atoms with Gasteiger partial charge >= 0.3 is 0 Å². The molecule has 6 heteroatoms. The van der Waals surface area contributed by atoms with E-state index in [9.17, 15) is 0 Å². The summed E-state index contributed by atoms with van der Waals surface area (Å²) in [5, 5.41) is 3.93. The van der Waals surface area contributed by atoms with Crippen LogP contribution < -0.4 is 9.47 Å². The van der Waals surface area contributed by atoms with Gasteiger partial charge in [0.1, 0.15) is 6.10 Å². The third kappa shape index (κ3) is 2.15. The summed E-state index contributed by atoms with van der Waals surface area (Å²) in [6, 6.07) is 5.56. The summed E-state index contributed by atoms with van der Waals surface area (Å²) in [6.45, 7) is 4.62. The number of hydrogen-bond donors (Lipinski definition) is 0. The summed E-state index contributed by atoms with van der Waals surface area (Å²) in [4.78, 5) is 4.34. The molecule has 100 valence electrons. The Bertz CT molecular complexity index is 582. The van der Waals surface area contributed by atoms with E-state index in [-0.39, 0.29) is 12.9 Å². The number of rotatable bonds is 4. The average Bonchev–Trinajstić information content (AvgIpc) is 3.07. The van der Waals surface area contributed by atoms with E-state index in [0.29, 0.717) is 29.8 Å². The Labute approximate surface area is 110 Å². The molecule has 6 nitrogen and oxygen atoms in total. The number of para-hydroxylation sites is 1. The Morgan fingerprint density at radius 2 is 2.26 bits per heavy atom. The van der Waals surface area contributed by atoms with Crippen LogP contribution in [-0.4, -0.2) is 23.5 Å². The van der Waals surface area contributed by atoms with Crippen molar-refractivity contribution in [3.63, 3.8) is 0 Å². The highest BCUT2D eigenvalue weighted by Crippen LogP contribution is 2.40. The molecule has 2 aromatic rings. The van der Waals surface area contributed by atoms with Crippen LogP contribution >= 0.6 is 0 Å². The molecule has 1 aliphatic heterocycles. The smallest absolute Gasteiger partial charge is 0.261 e. The van der Waals surface area contributed by atoms with Gasteiger partial charge in [-0.15, -0.1) is 0 Å². The van der Waals surface area contributed by atoms with Crippen LogP contribution in [-0.2, 0) is 4.74 Å². The number of hydrogen-bond acceptors (Lipinski definition) is 6. The number of benzene rings is 1. The summed E-state index contributed by atoms with van der Waals surface area (Å²) in [5.41, 5.74) is 0.734. The third-order valence-corrected chi connectivity index (χ3v) is 2.85. The zero-order valence-electron chi connectivity index (χ0n) is 10.8. The average molecular weight is 262 g/mol. The minimum atomic E-state index is -0.198. The van der Waals surface area contributed by atoms with Crippen molar-refractivity contribution in [2.24, 2.45) is 0 Å². The summed E-state index contributed by atoms with van der Waals surface area (Å²) in [5.74, 6) is 2.26. The second kappa shape index (κ2) is 4.89. The van der Waals surface area contributed by atoms with Gasteiger partial charge in [-0.25, -0.2) is 0 Å². The molecule has 19 heavy (non-hydrogen) atoms. The maximum absolute atomic E-state index is 5.43. The summed E-state index contributed by atoms with van der Waals surface area (Å²) in [6.07, 6.45) is -0.198. The molecule has 0 fully saturated rings. The molecule has 2 heterocycles. The molecule has 1 aliphatic rings. The van der Waals surface area contributed by atoms with Crippen molar-refractivity contribution in [2.75, 3.05) is 13.4 Å². The van der Waals surface area contributed by atoms with E-state index < -0.39 is 0 Å². The molecule has 0 radical (unpaired) electrons. The molecule has 1 atom stereocenters. The van der Waals surface area contributed by atoms with Crippen molar-refractivity contribution in [3.8, 4) is 23.0 Å². The number of aromatic nitrogens is 2. The topological polar surface area (TPSA) is 66.6 Å². The SMILES string of the molecule is CCO[C@H](C)c1noc(-c2cccc3c2OCO3)n1. The Morgan fingerprint density at radius 1 is 1.37 bits per heavy atom. The Hall–Kier alpha value is -2.08. The van der Waals surface area contributed by atoms with Gasteiger partial charge in [0.2, 0.25) is 12.6 Å². The van der Waals surface area contributed by atoms with Crippen LogP contribution in [0.25, 0.3) is 11.5 Å². The van der Waals surface area contributed by atoms with Crippen LogP contribution in [0.1, 0.15) is 25.8 Å². The molecule has 0 saturated carbocycles. The van der Waals surface area contributed by atoms with Crippen LogP contribution in [0.2, 0.25) is 0 Å². The Morgan fingerprint density at radius 3 is 3.11 bits per heavy atom. The van der Waals surface area contributed by atoms with Gasteiger partial charge in [-0.05, 0) is 26.0 Å². The predicted octanol–water partition coefficient (Wildman–Crippen LogP) is 2.56. The largest absolute Gasteiger partial charge is 0.454 e. The lowest BCUT2D eigenvalue weighted by molar-refractivity contribution is 0.0683. The second-order valence-corrected chi connectivity index (χ2v) is 4.09. The van der Waals surface area contributed by atoms with Crippen molar-refractivity contribution in [1.29, 1.82) is 0 Å². The number of nitrogens with zero attached hydrogens (tertiary/aromatic N) is 2. The van der Waals surface area contributed by atoms with Gasteiger partial charge in [-0.2, -0.15) is 4.98 Å². The normalized spacial score (nSPS) is 14.6. The Kier molecular flexibility index (Phi) is 3.08. The highest BCUT2D eigenvalue weighted by molar-refractivity contribution is 5.68. The minimum absolute atomic E-state index is 0.198. The van der Waals surface area contributed by atoms with Crippen molar-refractivity contribution >= 4 is 0 Å². The first-order valence-corrected chi connectivity index (χ1v) is 6.13. The van der Waals surface area contributed by atoms with Crippen molar-refractivity contribution in [2.45, 2.75) is 20.0 Å². The standard InChI is InChI=1S/C13H14N2O4/c1-3-16-8(2)12-14-13(19-15-12)9-5-4-6-10-11(9)18-7-17-10/h4-6,8H,3,7H2,1-2H3/t8-/m1/s1. The van der Waals surface area contributed by atoms with E-state index in [1.165, 1.54) is 0 Å². The molecule has 0 amide bonds. The van der Waals surface area contributed by atoms with Crippen LogP contribution in [0.15, 0.2) is 22.7 Å². The van der Waals surface area contributed by atoms with Gasteiger partial charge < -0.3 is 18.7 Å². The van der Waals surface area contributed by atoms with E-state index in [0.717, 1.165) is 5.56 Å². The lowest BCUT2D eigenvalue weighted by atomic mass is 10.2. The zero-order chi connectivity index (χ0) is 13.2. The van der Waals surface area contributed by atoms with E-state index in [4.69, 9.17) is 18.7 Å². The van der Waals surface area contributed by atoms with Crippen molar-refractivity contribution < 1.29 is 18.7 Å². The molecular formula is C13H14N2O4. The highest BCUT2D eigenvalue weighted by atomic mass is 16.7. The molecule has 1 aromatic heterocycles. The van der Waals surface area contributed by atoms with Gasteiger partial charge in [0.25, 0.3) is 5.89 Å². The third-order valence-electron chi connectivity index (χ3n) is 2.85. The second-order valence-electron chi connectivity index (χ2n) is 4.09. The predicted molar refractivity (Wildman–Crippen MR) is 65.9 cm³/mol. The van der Waals surface area contributed by atoms with Crippen molar-refractivity contribution in [3.05, 3.63) is 24.0 Å². The minimum Gasteiger partial charge on any atom is -0.454 e. The molecule has 0 aliphatic carbocycles. The summed E-state index contributed by atoms with van der Waals surface area (Å²) in [7, 11) is 0. The molecule has 3 rings (SSSR count). The monoisotopic (exact) mass is 262 g/mol. The van der Waals surface area contributed by atoms with E-state index >= 15 is 0 Å². The van der Waals surface area contributed by atoms with Gasteiger partial charge in [-0.1, -0.05) is 11.2 Å². The molecule has 0 spiro atoms. The van der Waals surface area contributed by atoms with Gasteiger partial charge in [0.05, 0.1) is 5.56 Å². The fourth-order valence-corrected chi connectivity index (χ4v) is 1.93. The molecule has 0 unspecified atom stereocenters. The Balaban J connectivity index is 1.93.